The summed E-state index contributed by atoms with van der Waals surface area (Å²) < 4.78 is 3.36. The first kappa shape index (κ1) is 19.3. The summed E-state index contributed by atoms with van der Waals surface area (Å²) in [4.78, 5) is 33.7. The first-order valence-corrected chi connectivity index (χ1v) is 9.39. The molecule has 0 fully saturated rings. The van der Waals surface area contributed by atoms with Crippen molar-refractivity contribution in [2.75, 3.05) is 0 Å². The predicted octanol–water partition coefficient (Wildman–Crippen LogP) is 2.59. The van der Waals surface area contributed by atoms with Gasteiger partial charge in [0.05, 0.1) is 17.1 Å². The fourth-order valence-electron chi connectivity index (χ4n) is 3.41. The van der Waals surface area contributed by atoms with Crippen molar-refractivity contribution in [1.29, 1.82) is 0 Å². The van der Waals surface area contributed by atoms with Gasteiger partial charge in [0.15, 0.2) is 0 Å². The predicted molar refractivity (Wildman–Crippen MR) is 115 cm³/mol. The van der Waals surface area contributed by atoms with Crippen LogP contribution in [0.5, 0.6) is 0 Å². The first-order valence-electron chi connectivity index (χ1n) is 9.39. The first-order chi connectivity index (χ1) is 14.5. The Labute approximate surface area is 172 Å². The van der Waals surface area contributed by atoms with Crippen LogP contribution in [0.4, 0.5) is 0 Å². The number of hydrazone groups is 1. The maximum atomic E-state index is 13.1. The number of carbonyl (C=O) groups excluding carboxylic acids is 1. The van der Waals surface area contributed by atoms with E-state index >= 15 is 0 Å². The molecule has 4 rings (SSSR count). The molecule has 0 saturated heterocycles. The summed E-state index contributed by atoms with van der Waals surface area (Å²) in [6, 6.07) is 12.4. The molecule has 4 aromatic rings. The van der Waals surface area contributed by atoms with Gasteiger partial charge >= 0.3 is 0 Å². The lowest BCUT2D eigenvalue weighted by molar-refractivity contribution is 0.0955. The van der Waals surface area contributed by atoms with E-state index in [1.54, 1.807) is 48.4 Å². The Morgan fingerprint density at radius 3 is 2.57 bits per heavy atom. The molecule has 0 spiro atoms. The van der Waals surface area contributed by atoms with Gasteiger partial charge in [0.25, 0.3) is 11.5 Å². The van der Waals surface area contributed by atoms with Gasteiger partial charge in [-0.15, -0.1) is 0 Å². The second-order valence-corrected chi connectivity index (χ2v) is 6.87. The number of fused-ring (bicyclic) bond motifs is 1. The highest BCUT2D eigenvalue weighted by molar-refractivity contribution is 5.94. The van der Waals surface area contributed by atoms with Crippen LogP contribution in [-0.4, -0.2) is 31.4 Å². The molecule has 30 heavy (non-hydrogen) atoms. The van der Waals surface area contributed by atoms with Crippen LogP contribution in [0.1, 0.15) is 33.1 Å². The molecule has 0 saturated carbocycles. The molecule has 8 heteroatoms. The molecule has 1 N–H and O–H groups in total. The Bertz CT molecular complexity index is 1340. The number of hydrogen-bond donors (Lipinski definition) is 1. The van der Waals surface area contributed by atoms with E-state index in [-0.39, 0.29) is 11.5 Å². The van der Waals surface area contributed by atoms with Crippen LogP contribution < -0.4 is 11.0 Å². The summed E-state index contributed by atoms with van der Waals surface area (Å²) in [6.07, 6.45) is 4.65. The molecule has 0 radical (unpaired) electrons. The van der Waals surface area contributed by atoms with Gasteiger partial charge in [-0.25, -0.2) is 10.4 Å². The van der Waals surface area contributed by atoms with Gasteiger partial charge in [-0.1, -0.05) is 12.1 Å². The summed E-state index contributed by atoms with van der Waals surface area (Å²) >= 11 is 0. The Morgan fingerprint density at radius 1 is 1.07 bits per heavy atom. The Morgan fingerprint density at radius 2 is 1.80 bits per heavy atom. The lowest BCUT2D eigenvalue weighted by atomic mass is 10.2. The SMILES string of the molecule is Cc1cc(C=NNC(=O)c2ccncc2)c(C)n1-n1c(C)nc2ccccc2c1=O. The van der Waals surface area contributed by atoms with Gasteiger partial charge in [0.1, 0.15) is 5.82 Å². The van der Waals surface area contributed by atoms with E-state index in [0.29, 0.717) is 22.3 Å². The van der Waals surface area contributed by atoms with E-state index in [9.17, 15) is 9.59 Å². The van der Waals surface area contributed by atoms with Crippen LogP contribution in [0.2, 0.25) is 0 Å². The number of nitrogens with one attached hydrogen (secondary N) is 1. The summed E-state index contributed by atoms with van der Waals surface area (Å²) in [5, 5.41) is 4.61. The molecule has 0 bridgehead atoms. The van der Waals surface area contributed by atoms with Gasteiger partial charge < -0.3 is 0 Å². The lowest BCUT2D eigenvalue weighted by Gasteiger charge is -2.16. The van der Waals surface area contributed by atoms with E-state index in [0.717, 1.165) is 17.0 Å². The van der Waals surface area contributed by atoms with Gasteiger partial charge in [-0.05, 0) is 51.1 Å². The molecule has 0 atom stereocenters. The number of hydrogen-bond acceptors (Lipinski definition) is 5. The number of benzene rings is 1. The van der Waals surface area contributed by atoms with E-state index in [4.69, 9.17) is 0 Å². The molecule has 3 aromatic heterocycles. The molecule has 1 amide bonds. The number of aryl methyl sites for hydroxylation is 2. The fourth-order valence-corrected chi connectivity index (χ4v) is 3.41. The maximum absolute atomic E-state index is 13.1. The summed E-state index contributed by atoms with van der Waals surface area (Å²) in [7, 11) is 0. The minimum Gasteiger partial charge on any atom is -0.267 e. The highest BCUT2D eigenvalue weighted by Crippen LogP contribution is 2.15. The van der Waals surface area contributed by atoms with Gasteiger partial charge in [-0.3, -0.25) is 19.2 Å². The Kier molecular flexibility index (Phi) is 4.97. The van der Waals surface area contributed by atoms with Crippen molar-refractivity contribution < 1.29 is 4.79 Å². The Hall–Kier alpha value is -4.07. The molecular formula is C22H20N6O2. The number of rotatable bonds is 4. The second kappa shape index (κ2) is 7.75. The number of carbonyl (C=O) groups is 1. The zero-order valence-corrected chi connectivity index (χ0v) is 16.8. The lowest BCUT2D eigenvalue weighted by Crippen LogP contribution is -2.30. The highest BCUT2D eigenvalue weighted by Gasteiger charge is 2.15. The molecule has 0 aliphatic carbocycles. The monoisotopic (exact) mass is 400 g/mol. The second-order valence-electron chi connectivity index (χ2n) is 6.87. The molecular weight excluding hydrogens is 380 g/mol. The van der Waals surface area contributed by atoms with E-state index in [1.807, 2.05) is 42.8 Å². The van der Waals surface area contributed by atoms with Crippen molar-refractivity contribution in [3.63, 3.8) is 0 Å². The molecule has 3 heterocycles. The molecule has 0 aliphatic heterocycles. The largest absolute Gasteiger partial charge is 0.280 e. The zero-order valence-electron chi connectivity index (χ0n) is 16.8. The third-order valence-corrected chi connectivity index (χ3v) is 4.86. The quantitative estimate of drug-likeness (QED) is 0.421. The van der Waals surface area contributed by atoms with Crippen LogP contribution in [0.3, 0.4) is 0 Å². The van der Waals surface area contributed by atoms with E-state index < -0.39 is 0 Å². The summed E-state index contributed by atoms with van der Waals surface area (Å²) in [5.74, 6) is 0.253. The average molecular weight is 400 g/mol. The number of para-hydroxylation sites is 1. The number of aromatic nitrogens is 4. The standard InChI is InChI=1S/C22H20N6O2/c1-14-12-18(13-24-26-21(29)17-8-10-23-11-9-17)15(2)27(14)28-16(3)25-20-7-5-4-6-19(20)22(28)30/h4-13H,1-3H3,(H,26,29). The van der Waals surface area contributed by atoms with Crippen molar-refractivity contribution in [2.45, 2.75) is 20.8 Å². The van der Waals surface area contributed by atoms with E-state index in [1.165, 1.54) is 0 Å². The van der Waals surface area contributed by atoms with Crippen LogP contribution in [0, 0.1) is 20.8 Å². The third kappa shape index (κ3) is 3.39. The molecule has 8 nitrogen and oxygen atoms in total. The number of amides is 1. The molecule has 150 valence electrons. The molecule has 0 unspecified atom stereocenters. The molecule has 1 aromatic carbocycles. The minimum atomic E-state index is -0.326. The van der Waals surface area contributed by atoms with E-state index in [2.05, 4.69) is 20.5 Å². The van der Waals surface area contributed by atoms with Crippen molar-refractivity contribution in [3.05, 3.63) is 93.6 Å². The van der Waals surface area contributed by atoms with Crippen LogP contribution in [0.15, 0.2) is 64.8 Å². The minimum absolute atomic E-state index is 0.144. The maximum Gasteiger partial charge on any atom is 0.280 e. The van der Waals surface area contributed by atoms with Crippen LogP contribution in [0.25, 0.3) is 10.9 Å². The summed E-state index contributed by atoms with van der Waals surface area (Å²) in [6.45, 7) is 5.59. The number of pyridine rings is 1. The zero-order chi connectivity index (χ0) is 21.3. The highest BCUT2D eigenvalue weighted by atomic mass is 16.2. The Balaban J connectivity index is 1.69. The summed E-state index contributed by atoms with van der Waals surface area (Å²) in [5.41, 5.74) is 5.92. The van der Waals surface area contributed by atoms with Crippen molar-refractivity contribution in [2.24, 2.45) is 5.10 Å². The topological polar surface area (TPSA) is 94.2 Å². The smallest absolute Gasteiger partial charge is 0.267 e. The van der Waals surface area contributed by atoms with Crippen molar-refractivity contribution in [1.82, 2.24) is 24.7 Å². The fraction of sp³-hybridized carbons (Fsp3) is 0.136. The van der Waals surface area contributed by atoms with Crippen LogP contribution in [-0.2, 0) is 0 Å². The number of nitrogens with zero attached hydrogens (tertiary/aromatic N) is 5. The third-order valence-electron chi connectivity index (χ3n) is 4.86. The van der Waals surface area contributed by atoms with Crippen molar-refractivity contribution in [3.8, 4) is 0 Å². The van der Waals surface area contributed by atoms with Gasteiger partial charge in [-0.2, -0.15) is 9.78 Å². The van der Waals surface area contributed by atoms with Gasteiger partial charge in [0, 0.05) is 34.9 Å². The van der Waals surface area contributed by atoms with Gasteiger partial charge in [0.2, 0.25) is 0 Å². The van der Waals surface area contributed by atoms with Crippen LogP contribution >= 0.6 is 0 Å². The normalized spacial score (nSPS) is 11.3. The average Bonchev–Trinajstić information content (AvgIpc) is 3.02. The molecule has 0 aliphatic rings. The van der Waals surface area contributed by atoms with Crippen molar-refractivity contribution >= 4 is 23.0 Å².